The highest BCUT2D eigenvalue weighted by atomic mass is 79.9. The molecule has 2 heterocycles. The predicted molar refractivity (Wildman–Crippen MR) is 81.7 cm³/mol. The van der Waals surface area contributed by atoms with E-state index in [1.165, 1.54) is 0 Å². The quantitative estimate of drug-likeness (QED) is 0.845. The number of rotatable bonds is 5. The number of halogens is 1. The zero-order valence-electron chi connectivity index (χ0n) is 11.8. The Hall–Kier alpha value is -1.14. The maximum absolute atomic E-state index is 4.61. The van der Waals surface area contributed by atoms with Gasteiger partial charge in [-0.1, -0.05) is 0 Å². The van der Waals surface area contributed by atoms with Gasteiger partial charge in [-0.3, -0.25) is 0 Å². The first-order valence-corrected chi connectivity index (χ1v) is 7.22. The van der Waals surface area contributed by atoms with Crippen LogP contribution in [0, 0.1) is 0 Å². The minimum absolute atomic E-state index is 0.377. The lowest BCUT2D eigenvalue weighted by Gasteiger charge is -2.31. The third-order valence-corrected chi connectivity index (χ3v) is 3.48. The van der Waals surface area contributed by atoms with Gasteiger partial charge in [-0.2, -0.15) is 0 Å². The van der Waals surface area contributed by atoms with Crippen LogP contribution in [0.1, 0.15) is 13.8 Å². The van der Waals surface area contributed by atoms with Gasteiger partial charge in [-0.15, -0.1) is 0 Å². The van der Waals surface area contributed by atoms with Crippen molar-refractivity contribution in [3.63, 3.8) is 0 Å². The minimum Gasteiger partial charge on any atom is -0.350 e. The van der Waals surface area contributed by atoms with Crippen molar-refractivity contribution in [2.75, 3.05) is 32.1 Å². The van der Waals surface area contributed by atoms with Gasteiger partial charge >= 0.3 is 0 Å². The molecule has 5 nitrogen and oxygen atoms in total. The van der Waals surface area contributed by atoms with E-state index >= 15 is 0 Å². The van der Waals surface area contributed by atoms with Crippen molar-refractivity contribution in [1.29, 1.82) is 0 Å². The molecular weight excluding hydrogens is 306 g/mol. The van der Waals surface area contributed by atoms with Gasteiger partial charge in [-0.25, -0.2) is 9.97 Å². The molecule has 0 aromatic carbocycles. The molecule has 0 bridgehead atoms. The van der Waals surface area contributed by atoms with Crippen LogP contribution in [0.2, 0.25) is 0 Å². The molecular formula is C13H20BrN5. The standard InChI is InChI=1S/C13H20BrN5/c1-5-19(10(2)8-17(3)4)13-12-15-6-7-18(12)9-11(14)16-13/h6-7,9-10H,5,8H2,1-4H3. The number of aromatic nitrogens is 3. The van der Waals surface area contributed by atoms with Crippen LogP contribution in [-0.4, -0.2) is 52.5 Å². The molecule has 0 spiro atoms. The molecule has 1 atom stereocenters. The Bertz CT molecular complexity index is 551. The third kappa shape index (κ3) is 3.06. The van der Waals surface area contributed by atoms with Crippen LogP contribution >= 0.6 is 15.9 Å². The summed E-state index contributed by atoms with van der Waals surface area (Å²) >= 11 is 3.47. The number of nitrogens with zero attached hydrogens (tertiary/aromatic N) is 5. The van der Waals surface area contributed by atoms with E-state index in [0.717, 1.165) is 29.2 Å². The topological polar surface area (TPSA) is 36.7 Å². The van der Waals surface area contributed by atoms with Crippen molar-refractivity contribution in [1.82, 2.24) is 19.3 Å². The van der Waals surface area contributed by atoms with Crippen molar-refractivity contribution in [3.8, 4) is 0 Å². The summed E-state index contributed by atoms with van der Waals surface area (Å²) in [6.45, 7) is 6.25. The average molecular weight is 326 g/mol. The molecule has 6 heteroatoms. The maximum atomic E-state index is 4.61. The number of likely N-dealkylation sites (N-methyl/N-ethyl adjacent to an activating group) is 2. The number of hydrogen-bond donors (Lipinski definition) is 0. The van der Waals surface area contributed by atoms with E-state index in [0.29, 0.717) is 6.04 Å². The summed E-state index contributed by atoms with van der Waals surface area (Å²) in [6.07, 6.45) is 5.67. The Morgan fingerprint density at radius 1 is 1.42 bits per heavy atom. The Morgan fingerprint density at radius 2 is 2.16 bits per heavy atom. The summed E-state index contributed by atoms with van der Waals surface area (Å²) < 4.78 is 2.82. The second kappa shape index (κ2) is 5.88. The summed E-state index contributed by atoms with van der Waals surface area (Å²) in [4.78, 5) is 13.5. The smallest absolute Gasteiger partial charge is 0.180 e. The third-order valence-electron chi connectivity index (χ3n) is 3.10. The fraction of sp³-hybridized carbons (Fsp3) is 0.538. The Balaban J connectivity index is 2.42. The molecule has 2 rings (SSSR count). The Morgan fingerprint density at radius 3 is 2.79 bits per heavy atom. The second-order valence-electron chi connectivity index (χ2n) is 4.94. The van der Waals surface area contributed by atoms with Crippen molar-refractivity contribution < 1.29 is 0 Å². The van der Waals surface area contributed by atoms with E-state index in [4.69, 9.17) is 0 Å². The first-order valence-electron chi connectivity index (χ1n) is 6.43. The summed E-state index contributed by atoms with van der Waals surface area (Å²) in [5, 5.41) is 0. The predicted octanol–water partition coefficient (Wildman–Crippen LogP) is 2.27. The van der Waals surface area contributed by atoms with Gasteiger partial charge in [0.05, 0.1) is 0 Å². The Kier molecular flexibility index (Phi) is 4.42. The first-order chi connectivity index (χ1) is 9.02. The van der Waals surface area contributed by atoms with E-state index in [1.807, 2.05) is 16.8 Å². The van der Waals surface area contributed by atoms with Crippen molar-refractivity contribution >= 4 is 27.4 Å². The number of fused-ring (bicyclic) bond motifs is 1. The number of imidazole rings is 1. The molecule has 0 radical (unpaired) electrons. The van der Waals surface area contributed by atoms with E-state index < -0.39 is 0 Å². The van der Waals surface area contributed by atoms with Crippen LogP contribution in [0.5, 0.6) is 0 Å². The lowest BCUT2D eigenvalue weighted by molar-refractivity contribution is 0.372. The number of anilines is 1. The van der Waals surface area contributed by atoms with Crippen LogP contribution in [0.3, 0.4) is 0 Å². The molecule has 0 saturated heterocycles. The summed E-state index contributed by atoms with van der Waals surface area (Å²) in [5.41, 5.74) is 0.899. The van der Waals surface area contributed by atoms with Crippen LogP contribution < -0.4 is 4.90 Å². The van der Waals surface area contributed by atoms with Gasteiger partial charge in [-0.05, 0) is 43.9 Å². The molecule has 0 fully saturated rings. The Labute approximate surface area is 122 Å². The van der Waals surface area contributed by atoms with Gasteiger partial charge in [0, 0.05) is 37.7 Å². The molecule has 0 aliphatic rings. The molecule has 0 aliphatic carbocycles. The molecule has 104 valence electrons. The molecule has 19 heavy (non-hydrogen) atoms. The van der Waals surface area contributed by atoms with Gasteiger partial charge in [0.15, 0.2) is 11.5 Å². The molecule has 1 unspecified atom stereocenters. The van der Waals surface area contributed by atoms with Gasteiger partial charge in [0.25, 0.3) is 0 Å². The van der Waals surface area contributed by atoms with Crippen LogP contribution in [0.25, 0.3) is 5.65 Å². The molecule has 0 N–H and O–H groups in total. The average Bonchev–Trinajstić information content (AvgIpc) is 2.76. The molecule has 0 amide bonds. The van der Waals surface area contributed by atoms with Crippen LogP contribution in [-0.2, 0) is 0 Å². The maximum Gasteiger partial charge on any atom is 0.180 e. The minimum atomic E-state index is 0.377. The molecule has 2 aromatic heterocycles. The SMILES string of the molecule is CCN(c1nc(Br)cn2ccnc12)C(C)CN(C)C. The first kappa shape index (κ1) is 14.3. The largest absolute Gasteiger partial charge is 0.350 e. The van der Waals surface area contributed by atoms with Crippen molar-refractivity contribution in [2.24, 2.45) is 0 Å². The second-order valence-corrected chi connectivity index (χ2v) is 5.76. The number of hydrogen-bond acceptors (Lipinski definition) is 4. The fourth-order valence-electron chi connectivity index (χ4n) is 2.38. The highest BCUT2D eigenvalue weighted by Gasteiger charge is 2.19. The lowest BCUT2D eigenvalue weighted by atomic mass is 10.2. The summed E-state index contributed by atoms with van der Waals surface area (Å²) in [6, 6.07) is 0.377. The summed E-state index contributed by atoms with van der Waals surface area (Å²) in [7, 11) is 4.17. The monoisotopic (exact) mass is 325 g/mol. The zero-order chi connectivity index (χ0) is 14.0. The van der Waals surface area contributed by atoms with Crippen LogP contribution in [0.15, 0.2) is 23.2 Å². The highest BCUT2D eigenvalue weighted by Crippen LogP contribution is 2.22. The van der Waals surface area contributed by atoms with E-state index in [-0.39, 0.29) is 0 Å². The zero-order valence-corrected chi connectivity index (χ0v) is 13.4. The normalized spacial score (nSPS) is 13.2. The summed E-state index contributed by atoms with van der Waals surface area (Å²) in [5.74, 6) is 0.927. The molecule has 0 saturated carbocycles. The van der Waals surface area contributed by atoms with Gasteiger partial charge < -0.3 is 14.2 Å². The van der Waals surface area contributed by atoms with Crippen molar-refractivity contribution in [3.05, 3.63) is 23.2 Å². The lowest BCUT2D eigenvalue weighted by Crippen LogP contribution is -2.40. The fourth-order valence-corrected chi connectivity index (χ4v) is 2.76. The van der Waals surface area contributed by atoms with E-state index in [2.05, 4.69) is 63.6 Å². The van der Waals surface area contributed by atoms with E-state index in [9.17, 15) is 0 Å². The van der Waals surface area contributed by atoms with E-state index in [1.54, 1.807) is 6.20 Å². The molecule has 0 aliphatic heterocycles. The van der Waals surface area contributed by atoms with Crippen LogP contribution in [0.4, 0.5) is 5.82 Å². The highest BCUT2D eigenvalue weighted by molar-refractivity contribution is 9.10. The van der Waals surface area contributed by atoms with Gasteiger partial charge in [0.1, 0.15) is 4.60 Å². The molecule has 2 aromatic rings. The van der Waals surface area contributed by atoms with Gasteiger partial charge in [0.2, 0.25) is 0 Å². The van der Waals surface area contributed by atoms with Crippen molar-refractivity contribution in [2.45, 2.75) is 19.9 Å².